The second-order valence-electron chi connectivity index (χ2n) is 3.81. The number of rotatable bonds is 5. The van der Waals surface area contributed by atoms with E-state index < -0.39 is 6.04 Å². The van der Waals surface area contributed by atoms with Crippen LogP contribution in [0, 0.1) is 0 Å². The number of nitrogens with two attached hydrogens (primary N) is 1. The summed E-state index contributed by atoms with van der Waals surface area (Å²) in [7, 11) is 0. The molecule has 0 aliphatic carbocycles. The summed E-state index contributed by atoms with van der Waals surface area (Å²) in [5, 5.41) is 0. The zero-order chi connectivity index (χ0) is 11.3. The summed E-state index contributed by atoms with van der Waals surface area (Å²) >= 11 is 0. The van der Waals surface area contributed by atoms with Crippen LogP contribution in [0.15, 0.2) is 24.3 Å². The fourth-order valence-corrected chi connectivity index (χ4v) is 1.30. The van der Waals surface area contributed by atoms with E-state index in [0.29, 0.717) is 6.42 Å². The van der Waals surface area contributed by atoms with E-state index in [4.69, 9.17) is 10.5 Å². The highest BCUT2D eigenvalue weighted by atomic mass is 16.5. The third-order valence-electron chi connectivity index (χ3n) is 1.94. The molecule has 0 heterocycles. The summed E-state index contributed by atoms with van der Waals surface area (Å²) in [6.07, 6.45) is 1.51. The average Bonchev–Trinajstić information content (AvgIpc) is 2.20. The van der Waals surface area contributed by atoms with Gasteiger partial charge in [0.15, 0.2) is 0 Å². The third kappa shape index (κ3) is 4.13. The molecule has 3 nitrogen and oxygen atoms in total. The largest absolute Gasteiger partial charge is 0.491 e. The first-order valence-electron chi connectivity index (χ1n) is 5.08. The monoisotopic (exact) mass is 207 g/mol. The first-order chi connectivity index (χ1) is 7.11. The van der Waals surface area contributed by atoms with Crippen molar-refractivity contribution in [3.8, 4) is 5.75 Å². The summed E-state index contributed by atoms with van der Waals surface area (Å²) in [6.45, 7) is 3.96. The molecule has 0 bridgehead atoms. The lowest BCUT2D eigenvalue weighted by Gasteiger charge is -2.10. The molecule has 1 unspecified atom stereocenters. The highest BCUT2D eigenvalue weighted by molar-refractivity contribution is 5.57. The summed E-state index contributed by atoms with van der Waals surface area (Å²) in [4.78, 5) is 10.4. The highest BCUT2D eigenvalue weighted by Gasteiger charge is 2.02. The van der Waals surface area contributed by atoms with Gasteiger partial charge in [-0.05, 0) is 38.0 Å². The van der Waals surface area contributed by atoms with Crippen molar-refractivity contribution >= 4 is 6.29 Å². The molecule has 0 saturated heterocycles. The van der Waals surface area contributed by atoms with E-state index in [0.717, 1.165) is 17.6 Å². The molecule has 0 spiro atoms. The van der Waals surface area contributed by atoms with Crippen molar-refractivity contribution in [2.24, 2.45) is 5.73 Å². The lowest BCUT2D eigenvalue weighted by atomic mass is 10.1. The molecule has 1 aromatic rings. The normalized spacial score (nSPS) is 12.5. The van der Waals surface area contributed by atoms with Gasteiger partial charge < -0.3 is 15.3 Å². The molecular weight excluding hydrogens is 190 g/mol. The first kappa shape index (κ1) is 11.7. The number of carbonyl (C=O) groups excluding carboxylic acids is 1. The maximum absolute atomic E-state index is 10.4. The van der Waals surface area contributed by atoms with Crippen LogP contribution in [0.5, 0.6) is 5.75 Å². The zero-order valence-corrected chi connectivity index (χ0v) is 9.14. The lowest BCUT2D eigenvalue weighted by molar-refractivity contribution is -0.108. The highest BCUT2D eigenvalue weighted by Crippen LogP contribution is 2.14. The second-order valence-corrected chi connectivity index (χ2v) is 3.81. The molecular formula is C12H17NO2. The molecule has 15 heavy (non-hydrogen) atoms. The zero-order valence-electron chi connectivity index (χ0n) is 9.14. The fourth-order valence-electron chi connectivity index (χ4n) is 1.30. The van der Waals surface area contributed by atoms with E-state index in [9.17, 15) is 4.79 Å². The maximum atomic E-state index is 10.4. The molecule has 0 amide bonds. The number of hydrogen-bond donors (Lipinski definition) is 1. The molecule has 1 aromatic carbocycles. The van der Waals surface area contributed by atoms with Gasteiger partial charge >= 0.3 is 0 Å². The number of aldehydes is 1. The van der Waals surface area contributed by atoms with Gasteiger partial charge in [-0.15, -0.1) is 0 Å². The van der Waals surface area contributed by atoms with Crippen LogP contribution in [0.2, 0.25) is 0 Å². The van der Waals surface area contributed by atoms with Crippen LogP contribution >= 0.6 is 0 Å². The second kappa shape index (κ2) is 5.51. The Morgan fingerprint density at radius 2 is 1.93 bits per heavy atom. The van der Waals surface area contributed by atoms with Crippen LogP contribution in [-0.2, 0) is 11.2 Å². The number of carbonyl (C=O) groups is 1. The van der Waals surface area contributed by atoms with Crippen LogP contribution in [0.25, 0.3) is 0 Å². The Bertz CT molecular complexity index is 306. The van der Waals surface area contributed by atoms with E-state index >= 15 is 0 Å². The number of benzene rings is 1. The smallest absolute Gasteiger partial charge is 0.137 e. The van der Waals surface area contributed by atoms with Crippen molar-refractivity contribution in [3.05, 3.63) is 29.8 Å². The van der Waals surface area contributed by atoms with Crippen molar-refractivity contribution in [1.82, 2.24) is 0 Å². The Morgan fingerprint density at radius 1 is 1.33 bits per heavy atom. The van der Waals surface area contributed by atoms with Gasteiger partial charge in [0.1, 0.15) is 12.0 Å². The minimum Gasteiger partial charge on any atom is -0.491 e. The molecule has 2 N–H and O–H groups in total. The van der Waals surface area contributed by atoms with E-state index in [-0.39, 0.29) is 6.10 Å². The molecule has 3 heteroatoms. The Labute approximate surface area is 90.2 Å². The summed E-state index contributed by atoms with van der Waals surface area (Å²) in [5.41, 5.74) is 6.57. The Hall–Kier alpha value is -1.35. The van der Waals surface area contributed by atoms with Gasteiger partial charge in [0, 0.05) is 0 Å². The van der Waals surface area contributed by atoms with E-state index in [1.807, 2.05) is 38.1 Å². The standard InChI is InChI=1S/C12H17NO2/c1-9(2)15-12-5-3-10(4-6-12)7-11(13)8-14/h3-6,8-9,11H,7,13H2,1-2H3. The predicted molar refractivity (Wildman–Crippen MR) is 59.9 cm³/mol. The lowest BCUT2D eigenvalue weighted by Crippen LogP contribution is -2.23. The molecule has 0 saturated carbocycles. The molecule has 0 radical (unpaired) electrons. The third-order valence-corrected chi connectivity index (χ3v) is 1.94. The van der Waals surface area contributed by atoms with Crippen molar-refractivity contribution in [2.45, 2.75) is 32.4 Å². The fraction of sp³-hybridized carbons (Fsp3) is 0.417. The SMILES string of the molecule is CC(C)Oc1ccc(CC(N)C=O)cc1. The van der Waals surface area contributed by atoms with Gasteiger partial charge in [0.05, 0.1) is 12.1 Å². The first-order valence-corrected chi connectivity index (χ1v) is 5.08. The Balaban J connectivity index is 2.59. The van der Waals surface area contributed by atoms with Gasteiger partial charge in [-0.3, -0.25) is 0 Å². The molecule has 0 fully saturated rings. The van der Waals surface area contributed by atoms with Crippen molar-refractivity contribution in [1.29, 1.82) is 0 Å². The van der Waals surface area contributed by atoms with Crippen molar-refractivity contribution in [2.75, 3.05) is 0 Å². The van der Waals surface area contributed by atoms with Crippen LogP contribution < -0.4 is 10.5 Å². The van der Waals surface area contributed by atoms with Gasteiger partial charge in [-0.25, -0.2) is 0 Å². The van der Waals surface area contributed by atoms with Gasteiger partial charge in [-0.1, -0.05) is 12.1 Å². The maximum Gasteiger partial charge on any atom is 0.137 e. The molecule has 1 rings (SSSR count). The van der Waals surface area contributed by atoms with Crippen molar-refractivity contribution < 1.29 is 9.53 Å². The summed E-state index contributed by atoms with van der Waals surface area (Å²) < 4.78 is 5.50. The number of hydrogen-bond acceptors (Lipinski definition) is 3. The van der Waals surface area contributed by atoms with Crippen molar-refractivity contribution in [3.63, 3.8) is 0 Å². The summed E-state index contributed by atoms with van der Waals surface area (Å²) in [5.74, 6) is 0.841. The van der Waals surface area contributed by atoms with Gasteiger partial charge in [0.2, 0.25) is 0 Å². The molecule has 1 atom stereocenters. The minimum absolute atomic E-state index is 0.174. The van der Waals surface area contributed by atoms with Crippen LogP contribution in [0.4, 0.5) is 0 Å². The molecule has 82 valence electrons. The van der Waals surface area contributed by atoms with Crippen LogP contribution in [-0.4, -0.2) is 18.4 Å². The molecule has 0 aliphatic rings. The Kier molecular flexibility index (Phi) is 4.31. The van der Waals surface area contributed by atoms with E-state index in [1.165, 1.54) is 0 Å². The van der Waals surface area contributed by atoms with Crippen LogP contribution in [0.1, 0.15) is 19.4 Å². The van der Waals surface area contributed by atoms with Gasteiger partial charge in [-0.2, -0.15) is 0 Å². The number of ether oxygens (including phenoxy) is 1. The molecule has 0 aromatic heterocycles. The topological polar surface area (TPSA) is 52.3 Å². The Morgan fingerprint density at radius 3 is 2.40 bits per heavy atom. The van der Waals surface area contributed by atoms with Gasteiger partial charge in [0.25, 0.3) is 0 Å². The summed E-state index contributed by atoms with van der Waals surface area (Å²) in [6, 6.07) is 7.24. The quantitative estimate of drug-likeness (QED) is 0.745. The van der Waals surface area contributed by atoms with Crippen LogP contribution in [0.3, 0.4) is 0 Å². The minimum atomic E-state index is -0.415. The molecule has 0 aliphatic heterocycles. The average molecular weight is 207 g/mol. The predicted octanol–water partition coefficient (Wildman–Crippen LogP) is 1.54. The van der Waals surface area contributed by atoms with E-state index in [2.05, 4.69) is 0 Å². The van der Waals surface area contributed by atoms with E-state index in [1.54, 1.807) is 0 Å².